The summed E-state index contributed by atoms with van der Waals surface area (Å²) in [6.45, 7) is 1.22. The van der Waals surface area contributed by atoms with Gasteiger partial charge >= 0.3 is 5.97 Å². The lowest BCUT2D eigenvalue weighted by molar-refractivity contribution is -0.156. The third-order valence-corrected chi connectivity index (χ3v) is 8.38. The Balaban J connectivity index is 1.39. The SMILES string of the molecule is COC(=O)C(CC(=O)N1CCC2(CC2)[C@H](O)C1)N1CCN(C(=O)/C=C/c2ccc(Cl)c(Cl)c2)CCC1=O. The minimum Gasteiger partial charge on any atom is -0.467 e. The predicted molar refractivity (Wildman–Crippen MR) is 138 cm³/mol. The molecule has 37 heavy (non-hydrogen) atoms. The van der Waals surface area contributed by atoms with Crippen LogP contribution in [0.3, 0.4) is 0 Å². The Labute approximate surface area is 225 Å². The van der Waals surface area contributed by atoms with Gasteiger partial charge in [-0.15, -0.1) is 0 Å². The minimum absolute atomic E-state index is 0.0129. The first-order valence-electron chi connectivity index (χ1n) is 12.4. The second kappa shape index (κ2) is 11.4. The molecule has 3 aliphatic rings. The van der Waals surface area contributed by atoms with Crippen molar-refractivity contribution in [2.24, 2.45) is 5.41 Å². The number of ether oxygens (including phenoxy) is 1. The highest BCUT2D eigenvalue weighted by atomic mass is 35.5. The van der Waals surface area contributed by atoms with Crippen molar-refractivity contribution in [3.05, 3.63) is 39.9 Å². The maximum atomic E-state index is 13.1. The van der Waals surface area contributed by atoms with E-state index in [0.29, 0.717) is 22.2 Å². The van der Waals surface area contributed by atoms with Crippen molar-refractivity contribution in [3.63, 3.8) is 0 Å². The summed E-state index contributed by atoms with van der Waals surface area (Å²) in [6, 6.07) is 3.92. The van der Waals surface area contributed by atoms with Crippen molar-refractivity contribution in [2.45, 2.75) is 44.2 Å². The van der Waals surface area contributed by atoms with E-state index in [-0.39, 0.29) is 62.2 Å². The molecule has 0 aromatic heterocycles. The molecule has 1 aromatic carbocycles. The summed E-state index contributed by atoms with van der Waals surface area (Å²) in [5.41, 5.74) is 0.652. The number of methoxy groups -OCH3 is 1. The molecule has 0 bridgehead atoms. The van der Waals surface area contributed by atoms with Crippen LogP contribution in [0.1, 0.15) is 37.7 Å². The van der Waals surface area contributed by atoms with Gasteiger partial charge < -0.3 is 24.5 Å². The van der Waals surface area contributed by atoms with Gasteiger partial charge in [0, 0.05) is 45.2 Å². The first kappa shape index (κ1) is 27.4. The fraction of sp³-hybridized carbons (Fsp3) is 0.538. The number of amides is 3. The van der Waals surface area contributed by atoms with Crippen molar-refractivity contribution in [3.8, 4) is 0 Å². The Morgan fingerprint density at radius 1 is 1.11 bits per heavy atom. The molecule has 2 heterocycles. The maximum Gasteiger partial charge on any atom is 0.329 e. The third-order valence-electron chi connectivity index (χ3n) is 7.64. The minimum atomic E-state index is -1.10. The number of esters is 1. The van der Waals surface area contributed by atoms with Gasteiger partial charge in [0.15, 0.2) is 0 Å². The lowest BCUT2D eigenvalue weighted by atomic mass is 9.90. The van der Waals surface area contributed by atoms with Crippen LogP contribution in [-0.2, 0) is 23.9 Å². The summed E-state index contributed by atoms with van der Waals surface area (Å²) in [6.07, 6.45) is 4.90. The summed E-state index contributed by atoms with van der Waals surface area (Å²) in [5, 5.41) is 11.2. The van der Waals surface area contributed by atoms with Crippen molar-refractivity contribution in [1.82, 2.24) is 14.7 Å². The number of hydrogen-bond donors (Lipinski definition) is 1. The summed E-state index contributed by atoms with van der Waals surface area (Å²) in [5.74, 6) is -1.61. The van der Waals surface area contributed by atoms with Crippen LogP contribution in [0.5, 0.6) is 0 Å². The first-order chi connectivity index (χ1) is 17.6. The Morgan fingerprint density at radius 3 is 2.51 bits per heavy atom. The van der Waals surface area contributed by atoms with Gasteiger partial charge in [-0.05, 0) is 48.4 Å². The van der Waals surface area contributed by atoms with Gasteiger partial charge in [0.1, 0.15) is 6.04 Å². The van der Waals surface area contributed by atoms with E-state index in [1.165, 1.54) is 23.0 Å². The van der Waals surface area contributed by atoms with Gasteiger partial charge in [0.05, 0.1) is 29.7 Å². The van der Waals surface area contributed by atoms with Gasteiger partial charge in [-0.2, -0.15) is 0 Å². The molecule has 1 saturated carbocycles. The van der Waals surface area contributed by atoms with Crippen molar-refractivity contribution in [2.75, 3.05) is 39.8 Å². The number of benzene rings is 1. The highest BCUT2D eigenvalue weighted by molar-refractivity contribution is 6.42. The second-order valence-corrected chi connectivity index (χ2v) is 10.7. The molecule has 9 nitrogen and oxygen atoms in total. The predicted octanol–water partition coefficient (Wildman–Crippen LogP) is 2.37. The molecule has 2 saturated heterocycles. The van der Waals surface area contributed by atoms with Crippen LogP contribution in [0.2, 0.25) is 10.0 Å². The maximum absolute atomic E-state index is 13.1. The van der Waals surface area contributed by atoms with Crippen LogP contribution in [-0.4, -0.2) is 95.5 Å². The Hall–Kier alpha value is -2.62. The lowest BCUT2D eigenvalue weighted by Crippen LogP contribution is -2.52. The first-order valence-corrected chi connectivity index (χ1v) is 13.1. The molecule has 2 atom stereocenters. The number of carbonyl (C=O) groups excluding carboxylic acids is 4. The van der Waals surface area contributed by atoms with E-state index in [1.807, 2.05) is 0 Å². The van der Waals surface area contributed by atoms with Crippen LogP contribution in [0, 0.1) is 5.41 Å². The van der Waals surface area contributed by atoms with E-state index in [9.17, 15) is 24.3 Å². The Morgan fingerprint density at radius 2 is 1.86 bits per heavy atom. The fourth-order valence-corrected chi connectivity index (χ4v) is 5.32. The number of β-amino-alcohol motifs (C(OH)–C–C–N with tert-alkyl or cyclic N) is 1. The molecule has 1 spiro atoms. The smallest absolute Gasteiger partial charge is 0.329 e. The number of carbonyl (C=O) groups is 4. The van der Waals surface area contributed by atoms with Crippen LogP contribution in [0.15, 0.2) is 24.3 Å². The molecule has 4 rings (SSSR count). The van der Waals surface area contributed by atoms with Gasteiger partial charge in [-0.25, -0.2) is 4.79 Å². The molecule has 2 aliphatic heterocycles. The average molecular weight is 552 g/mol. The van der Waals surface area contributed by atoms with Crippen molar-refractivity contribution >= 4 is 53.0 Å². The van der Waals surface area contributed by atoms with Crippen LogP contribution in [0.4, 0.5) is 0 Å². The largest absolute Gasteiger partial charge is 0.467 e. The zero-order chi connectivity index (χ0) is 26.7. The molecule has 1 aromatic rings. The van der Waals surface area contributed by atoms with E-state index in [4.69, 9.17) is 27.9 Å². The number of hydrogen-bond acceptors (Lipinski definition) is 6. The quantitative estimate of drug-likeness (QED) is 0.429. The van der Waals surface area contributed by atoms with Crippen LogP contribution < -0.4 is 0 Å². The molecular weight excluding hydrogens is 521 g/mol. The van der Waals surface area contributed by atoms with Crippen molar-refractivity contribution in [1.29, 1.82) is 0 Å². The second-order valence-electron chi connectivity index (χ2n) is 9.88. The van der Waals surface area contributed by atoms with E-state index in [0.717, 1.165) is 19.3 Å². The molecule has 3 amide bonds. The topological polar surface area (TPSA) is 107 Å². The average Bonchev–Trinajstić information content (AvgIpc) is 3.69. The molecular formula is C26H31Cl2N3O6. The molecule has 1 aliphatic carbocycles. The summed E-state index contributed by atoms with van der Waals surface area (Å²) < 4.78 is 4.92. The number of halogens is 2. The van der Waals surface area contributed by atoms with E-state index >= 15 is 0 Å². The van der Waals surface area contributed by atoms with Gasteiger partial charge in [-0.3, -0.25) is 14.4 Å². The molecule has 11 heteroatoms. The van der Waals surface area contributed by atoms with Crippen molar-refractivity contribution < 1.29 is 29.0 Å². The van der Waals surface area contributed by atoms with Gasteiger partial charge in [-0.1, -0.05) is 29.3 Å². The van der Waals surface area contributed by atoms with E-state index in [1.54, 1.807) is 29.2 Å². The lowest BCUT2D eigenvalue weighted by Gasteiger charge is -2.37. The molecule has 0 radical (unpaired) electrons. The number of likely N-dealkylation sites (tertiary alicyclic amines) is 1. The van der Waals surface area contributed by atoms with E-state index in [2.05, 4.69) is 0 Å². The molecule has 3 fully saturated rings. The number of rotatable bonds is 6. The van der Waals surface area contributed by atoms with Crippen LogP contribution in [0.25, 0.3) is 6.08 Å². The highest BCUT2D eigenvalue weighted by Gasteiger charge is 2.52. The molecule has 1 N–H and O–H groups in total. The zero-order valence-corrected chi connectivity index (χ0v) is 22.2. The number of aliphatic hydroxyl groups excluding tert-OH is 1. The standard InChI is InChI=1S/C26H31Cl2N3O6/c1-37-25(36)20(15-24(35)30-11-9-26(7-8-26)21(32)16-30)31-13-12-29(10-6-23(31)34)22(33)5-3-17-2-4-18(27)19(28)14-17/h2-5,14,20-21,32H,6-13,15-16H2,1H3/b5-3+/t20?,21-/m1/s1. The van der Waals surface area contributed by atoms with Gasteiger partial charge in [0.25, 0.3) is 0 Å². The highest BCUT2D eigenvalue weighted by Crippen LogP contribution is 2.53. The molecule has 200 valence electrons. The normalized spacial score (nSPS) is 22.2. The zero-order valence-electron chi connectivity index (χ0n) is 20.7. The van der Waals surface area contributed by atoms with Gasteiger partial charge in [0.2, 0.25) is 17.7 Å². The summed E-state index contributed by atoms with van der Waals surface area (Å²) in [4.78, 5) is 55.9. The third kappa shape index (κ3) is 6.27. The number of nitrogens with zero attached hydrogens (tertiary/aromatic N) is 3. The Bertz CT molecular complexity index is 1110. The van der Waals surface area contributed by atoms with Crippen LogP contribution >= 0.6 is 23.2 Å². The summed E-state index contributed by atoms with van der Waals surface area (Å²) >= 11 is 12.0. The number of aliphatic hydroxyl groups is 1. The monoisotopic (exact) mass is 551 g/mol. The van der Waals surface area contributed by atoms with E-state index < -0.39 is 18.1 Å². The Kier molecular flexibility index (Phi) is 8.46. The summed E-state index contributed by atoms with van der Waals surface area (Å²) in [7, 11) is 1.22. The molecule has 1 unspecified atom stereocenters. The number of piperidine rings is 1. The fourth-order valence-electron chi connectivity index (χ4n) is 5.02.